The van der Waals surface area contributed by atoms with Gasteiger partial charge in [0, 0.05) is 52.0 Å². The van der Waals surface area contributed by atoms with Gasteiger partial charge in [0.15, 0.2) is 0 Å². The third kappa shape index (κ3) is 4.03. The van der Waals surface area contributed by atoms with Crippen molar-refractivity contribution in [3.8, 4) is 17.2 Å². The Morgan fingerprint density at radius 1 is 0.382 bits per heavy atom. The van der Waals surface area contributed by atoms with E-state index in [-0.39, 0.29) is 0 Å². The van der Waals surface area contributed by atoms with Crippen LogP contribution in [0.5, 0.6) is 0 Å². The fourth-order valence-corrected chi connectivity index (χ4v) is 11.5. The largest absolute Gasteiger partial charge is 0.278 e. The summed E-state index contributed by atoms with van der Waals surface area (Å²) in [6.45, 7) is 0. The summed E-state index contributed by atoms with van der Waals surface area (Å²) in [5.41, 5.74) is 5.26. The second-order valence-electron chi connectivity index (χ2n) is 14.4. The van der Waals surface area contributed by atoms with Crippen molar-refractivity contribution in [3.63, 3.8) is 0 Å². The lowest BCUT2D eigenvalue weighted by atomic mass is 9.91. The van der Waals surface area contributed by atoms with Gasteiger partial charge >= 0.3 is 0 Å². The molecule has 254 valence electrons. The van der Waals surface area contributed by atoms with E-state index >= 15 is 0 Å². The summed E-state index contributed by atoms with van der Waals surface area (Å²) in [5, 5.41) is 16.2. The molecule has 3 nitrogen and oxygen atoms in total. The van der Waals surface area contributed by atoms with Crippen LogP contribution in [-0.2, 0) is 0 Å². The van der Waals surface area contributed by atoms with Crippen LogP contribution in [0.4, 0.5) is 0 Å². The minimum Gasteiger partial charge on any atom is -0.278 e. The Morgan fingerprint density at radius 2 is 0.964 bits per heavy atom. The second kappa shape index (κ2) is 11.0. The van der Waals surface area contributed by atoms with Crippen LogP contribution < -0.4 is 0 Å². The maximum absolute atomic E-state index is 5.62. The quantitative estimate of drug-likeness (QED) is 0.166. The van der Waals surface area contributed by atoms with Gasteiger partial charge in [-0.05, 0) is 74.1 Å². The van der Waals surface area contributed by atoms with Gasteiger partial charge in [0.2, 0.25) is 5.95 Å². The molecule has 13 aromatic rings. The van der Waals surface area contributed by atoms with Crippen molar-refractivity contribution in [3.05, 3.63) is 164 Å². The van der Waals surface area contributed by atoms with Gasteiger partial charge in [-0.3, -0.25) is 4.57 Å². The molecule has 0 saturated heterocycles. The summed E-state index contributed by atoms with van der Waals surface area (Å²) >= 11 is 3.63. The van der Waals surface area contributed by atoms with Gasteiger partial charge in [0.25, 0.3) is 0 Å². The first-order valence-electron chi connectivity index (χ1n) is 18.6. The van der Waals surface area contributed by atoms with Crippen molar-refractivity contribution >= 4 is 128 Å². The molecule has 13 rings (SSSR count). The number of aromatic nitrogens is 3. The molecule has 0 aliphatic carbocycles. The van der Waals surface area contributed by atoms with E-state index in [0.717, 1.165) is 37.9 Å². The maximum Gasteiger partial charge on any atom is 0.235 e. The molecule has 0 radical (unpaired) electrons. The molecule has 0 atom stereocenters. The van der Waals surface area contributed by atoms with Crippen LogP contribution in [0.1, 0.15) is 0 Å². The molecule has 4 heterocycles. The minimum absolute atomic E-state index is 0.682. The summed E-state index contributed by atoms with van der Waals surface area (Å²) in [6, 6.07) is 59.9. The van der Waals surface area contributed by atoms with E-state index in [9.17, 15) is 0 Å². The number of rotatable bonds is 2. The van der Waals surface area contributed by atoms with Crippen molar-refractivity contribution in [2.75, 3.05) is 0 Å². The molecule has 0 spiro atoms. The predicted molar refractivity (Wildman–Crippen MR) is 238 cm³/mol. The SMILES string of the molecule is c1ccc2c(c1)ccc1c2c2c3c4ccccc4c4ccccc4c3ccc2n1-c1nc(-c2ccc3sc4ccccc4c3c2)c2sc3ccccc3c2n1. The number of fused-ring (bicyclic) bond motifs is 18. The Kier molecular flexibility index (Phi) is 5.93. The maximum atomic E-state index is 5.62. The lowest BCUT2D eigenvalue weighted by molar-refractivity contribution is 1.02. The van der Waals surface area contributed by atoms with E-state index in [1.54, 1.807) is 11.3 Å². The molecule has 0 saturated carbocycles. The standard InChI is InChI=1S/C50H27N3S2/c1-2-12-30-28(11-1)21-24-39-45(30)46-40(25-23-36-33-15-4-3-13-31(33)32-14-5-6-17-35(32)44(36)46)53(39)50-51-47(49-48(52-50)37-18-8-10-20-42(37)55-49)29-22-26-43-38(27-29)34-16-7-9-19-41(34)54-43/h1-27H. The molecule has 55 heavy (non-hydrogen) atoms. The van der Waals surface area contributed by atoms with Crippen molar-refractivity contribution in [2.45, 2.75) is 0 Å². The van der Waals surface area contributed by atoms with Crippen LogP contribution in [0.3, 0.4) is 0 Å². The molecule has 0 unspecified atom stereocenters. The lowest BCUT2D eigenvalue weighted by Crippen LogP contribution is -2.02. The van der Waals surface area contributed by atoms with Crippen LogP contribution in [0, 0.1) is 0 Å². The molecule has 9 aromatic carbocycles. The van der Waals surface area contributed by atoms with E-state index in [1.807, 2.05) is 11.3 Å². The molecule has 4 aromatic heterocycles. The summed E-state index contributed by atoms with van der Waals surface area (Å²) in [6.07, 6.45) is 0. The first-order chi connectivity index (χ1) is 27.3. The smallest absolute Gasteiger partial charge is 0.235 e. The Labute approximate surface area is 322 Å². The van der Waals surface area contributed by atoms with E-state index in [0.29, 0.717) is 5.95 Å². The van der Waals surface area contributed by atoms with Crippen LogP contribution >= 0.6 is 22.7 Å². The Morgan fingerprint density at radius 3 is 1.76 bits per heavy atom. The Balaban J connectivity index is 1.22. The van der Waals surface area contributed by atoms with Gasteiger partial charge in [-0.1, -0.05) is 127 Å². The third-order valence-electron chi connectivity index (χ3n) is 11.6. The highest BCUT2D eigenvalue weighted by atomic mass is 32.1. The van der Waals surface area contributed by atoms with E-state index in [1.165, 1.54) is 78.7 Å². The summed E-state index contributed by atoms with van der Waals surface area (Å²) < 4.78 is 7.24. The molecular formula is C50H27N3S2. The van der Waals surface area contributed by atoms with Crippen LogP contribution in [0.25, 0.3) is 123 Å². The van der Waals surface area contributed by atoms with E-state index < -0.39 is 0 Å². The van der Waals surface area contributed by atoms with Crippen molar-refractivity contribution in [1.82, 2.24) is 14.5 Å². The summed E-state index contributed by atoms with van der Waals surface area (Å²) in [5.74, 6) is 0.682. The first-order valence-corrected chi connectivity index (χ1v) is 20.2. The first kappa shape index (κ1) is 29.8. The van der Waals surface area contributed by atoms with Crippen molar-refractivity contribution in [2.24, 2.45) is 0 Å². The normalized spacial score (nSPS) is 12.4. The average molecular weight is 734 g/mol. The van der Waals surface area contributed by atoms with Crippen LogP contribution in [-0.4, -0.2) is 14.5 Å². The summed E-state index contributed by atoms with van der Waals surface area (Å²) in [7, 11) is 0. The zero-order valence-electron chi connectivity index (χ0n) is 29.2. The van der Waals surface area contributed by atoms with E-state index in [2.05, 4.69) is 168 Å². The molecule has 0 fully saturated rings. The number of nitrogens with zero attached hydrogens (tertiary/aromatic N) is 3. The van der Waals surface area contributed by atoms with Crippen molar-refractivity contribution in [1.29, 1.82) is 0 Å². The Bertz CT molecular complexity index is 3760. The van der Waals surface area contributed by atoms with Crippen molar-refractivity contribution < 1.29 is 0 Å². The second-order valence-corrected chi connectivity index (χ2v) is 16.6. The van der Waals surface area contributed by atoms with Gasteiger partial charge in [-0.15, -0.1) is 22.7 Å². The number of benzene rings is 9. The topological polar surface area (TPSA) is 30.7 Å². The zero-order valence-corrected chi connectivity index (χ0v) is 30.9. The fourth-order valence-electron chi connectivity index (χ4n) is 9.23. The van der Waals surface area contributed by atoms with Gasteiger partial charge in [-0.25, -0.2) is 9.97 Å². The number of hydrogen-bond donors (Lipinski definition) is 0. The molecule has 0 bridgehead atoms. The monoisotopic (exact) mass is 733 g/mol. The highest BCUT2D eigenvalue weighted by Crippen LogP contribution is 2.46. The highest BCUT2D eigenvalue weighted by molar-refractivity contribution is 7.26. The predicted octanol–water partition coefficient (Wildman–Crippen LogP) is 14.6. The fraction of sp³-hybridized carbons (Fsp3) is 0. The van der Waals surface area contributed by atoms with Gasteiger partial charge in [0.1, 0.15) is 0 Å². The van der Waals surface area contributed by atoms with Gasteiger partial charge in [-0.2, -0.15) is 0 Å². The lowest BCUT2D eigenvalue weighted by Gasteiger charge is -2.13. The van der Waals surface area contributed by atoms with Crippen LogP contribution in [0.15, 0.2) is 164 Å². The molecule has 0 N–H and O–H groups in total. The molecular weight excluding hydrogens is 707 g/mol. The van der Waals surface area contributed by atoms with Gasteiger partial charge < -0.3 is 0 Å². The molecule has 0 amide bonds. The minimum atomic E-state index is 0.682. The summed E-state index contributed by atoms with van der Waals surface area (Å²) in [4.78, 5) is 11.1. The van der Waals surface area contributed by atoms with E-state index in [4.69, 9.17) is 9.97 Å². The molecule has 0 aliphatic rings. The molecule has 0 aliphatic heterocycles. The number of thiophene rings is 2. The Hall–Kier alpha value is -6.66. The van der Waals surface area contributed by atoms with Crippen LogP contribution in [0.2, 0.25) is 0 Å². The highest BCUT2D eigenvalue weighted by Gasteiger charge is 2.24. The third-order valence-corrected chi connectivity index (χ3v) is 13.9. The number of hydrogen-bond acceptors (Lipinski definition) is 4. The zero-order chi connectivity index (χ0) is 35.8. The van der Waals surface area contributed by atoms with Gasteiger partial charge in [0.05, 0.1) is 26.9 Å². The average Bonchev–Trinajstić information content (AvgIpc) is 3.93. The molecule has 5 heteroatoms.